The van der Waals surface area contributed by atoms with Gasteiger partial charge in [-0.1, -0.05) is 12.1 Å². The Morgan fingerprint density at radius 2 is 1.74 bits per heavy atom. The fourth-order valence-corrected chi connectivity index (χ4v) is 2.47. The number of nitrogens with two attached hydrogens (primary N) is 2. The molecule has 1 aliphatic heterocycles. The molecule has 0 aliphatic carbocycles. The van der Waals surface area contributed by atoms with Crippen LogP contribution in [0.4, 0.5) is 22.7 Å². The number of rotatable bonds is 1. The van der Waals surface area contributed by atoms with Gasteiger partial charge in [0, 0.05) is 12.1 Å². The summed E-state index contributed by atoms with van der Waals surface area (Å²) >= 11 is 0. The quantitative estimate of drug-likeness (QED) is 0.767. The van der Waals surface area contributed by atoms with Crippen LogP contribution >= 0.6 is 0 Å². The van der Waals surface area contributed by atoms with Crippen molar-refractivity contribution in [1.29, 1.82) is 0 Å². The van der Waals surface area contributed by atoms with Crippen molar-refractivity contribution in [2.24, 2.45) is 0 Å². The van der Waals surface area contributed by atoms with Crippen LogP contribution in [0.25, 0.3) is 0 Å². The van der Waals surface area contributed by atoms with Gasteiger partial charge in [-0.15, -0.1) is 0 Å². The topological polar surface area (TPSA) is 72.4 Å². The molecule has 0 spiro atoms. The normalized spacial score (nSPS) is 14.3. The Hall–Kier alpha value is -2.49. The summed E-state index contributed by atoms with van der Waals surface area (Å²) in [6, 6.07) is 13.0. The number of hydrogen-bond acceptors (Lipinski definition) is 3. The van der Waals surface area contributed by atoms with Crippen molar-refractivity contribution in [1.82, 2.24) is 0 Å². The number of fused-ring (bicyclic) bond motifs is 1. The number of carbonyl (C=O) groups excluding carboxylic acids is 1. The average Bonchev–Trinajstić information content (AvgIpc) is 2.40. The van der Waals surface area contributed by atoms with E-state index in [0.29, 0.717) is 17.8 Å². The van der Waals surface area contributed by atoms with Crippen LogP contribution in [0.1, 0.15) is 12.0 Å². The molecule has 3 rings (SSSR count). The minimum atomic E-state index is 0.0650. The van der Waals surface area contributed by atoms with Crippen LogP contribution in [0.5, 0.6) is 0 Å². The minimum Gasteiger partial charge on any atom is -0.399 e. The lowest BCUT2D eigenvalue weighted by Crippen LogP contribution is -2.31. The van der Waals surface area contributed by atoms with E-state index < -0.39 is 0 Å². The zero-order chi connectivity index (χ0) is 13.4. The highest BCUT2D eigenvalue weighted by Gasteiger charge is 2.26. The van der Waals surface area contributed by atoms with Gasteiger partial charge >= 0.3 is 0 Å². The molecule has 0 radical (unpaired) electrons. The van der Waals surface area contributed by atoms with Crippen LogP contribution in [-0.2, 0) is 11.2 Å². The molecule has 4 N–H and O–H groups in total. The van der Waals surface area contributed by atoms with Crippen molar-refractivity contribution in [3.63, 3.8) is 0 Å². The molecule has 1 aliphatic rings. The van der Waals surface area contributed by atoms with Crippen LogP contribution in [0, 0.1) is 0 Å². The minimum absolute atomic E-state index is 0.0650. The molecule has 19 heavy (non-hydrogen) atoms. The Labute approximate surface area is 111 Å². The first-order chi connectivity index (χ1) is 9.16. The maximum Gasteiger partial charge on any atom is 0.231 e. The Morgan fingerprint density at radius 1 is 0.947 bits per heavy atom. The zero-order valence-electron chi connectivity index (χ0n) is 10.5. The molecule has 4 heteroatoms. The molecule has 0 aromatic heterocycles. The van der Waals surface area contributed by atoms with Crippen LogP contribution in [0.3, 0.4) is 0 Å². The van der Waals surface area contributed by atoms with E-state index in [2.05, 4.69) is 0 Å². The van der Waals surface area contributed by atoms with Gasteiger partial charge in [0.1, 0.15) is 0 Å². The maximum atomic E-state index is 12.2. The highest BCUT2D eigenvalue weighted by molar-refractivity contribution is 6.05. The SMILES string of the molecule is Nc1ccc2c(c1)CCC(=O)N2c1ccccc1N. The molecule has 0 saturated carbocycles. The van der Waals surface area contributed by atoms with Crippen LogP contribution in [-0.4, -0.2) is 5.91 Å². The number of nitrogens with zero attached hydrogens (tertiary/aromatic N) is 1. The average molecular weight is 253 g/mol. The summed E-state index contributed by atoms with van der Waals surface area (Å²) in [4.78, 5) is 13.9. The van der Waals surface area contributed by atoms with E-state index >= 15 is 0 Å². The Morgan fingerprint density at radius 3 is 2.53 bits per heavy atom. The lowest BCUT2D eigenvalue weighted by atomic mass is 9.99. The molecular formula is C15H15N3O. The van der Waals surface area contributed by atoms with Crippen molar-refractivity contribution >= 4 is 28.7 Å². The zero-order valence-corrected chi connectivity index (χ0v) is 10.5. The summed E-state index contributed by atoms with van der Waals surface area (Å²) in [5.41, 5.74) is 15.8. The van der Waals surface area contributed by atoms with E-state index in [-0.39, 0.29) is 5.91 Å². The van der Waals surface area contributed by atoms with E-state index in [9.17, 15) is 4.79 Å². The number of nitrogen functional groups attached to an aromatic ring is 2. The van der Waals surface area contributed by atoms with Crippen molar-refractivity contribution in [3.8, 4) is 0 Å². The second kappa shape index (κ2) is 4.31. The standard InChI is InChI=1S/C15H15N3O/c16-11-6-7-13-10(9-11)5-8-15(19)18(13)14-4-2-1-3-12(14)17/h1-4,6-7,9H,5,8,16-17H2. The number of carbonyl (C=O) groups is 1. The lowest BCUT2D eigenvalue weighted by Gasteiger charge is -2.30. The van der Waals surface area contributed by atoms with Gasteiger partial charge in [0.15, 0.2) is 0 Å². The van der Waals surface area contributed by atoms with E-state index in [1.807, 2.05) is 36.4 Å². The monoisotopic (exact) mass is 253 g/mol. The number of anilines is 4. The van der Waals surface area contributed by atoms with Gasteiger partial charge in [0.2, 0.25) is 5.91 Å². The second-order valence-electron chi connectivity index (χ2n) is 4.68. The van der Waals surface area contributed by atoms with Crippen LogP contribution < -0.4 is 16.4 Å². The Bertz CT molecular complexity index is 652. The lowest BCUT2D eigenvalue weighted by molar-refractivity contribution is -0.118. The first kappa shape index (κ1) is 11.6. The summed E-state index contributed by atoms with van der Waals surface area (Å²) in [5, 5.41) is 0. The van der Waals surface area contributed by atoms with E-state index in [1.165, 1.54) is 0 Å². The third-order valence-electron chi connectivity index (χ3n) is 3.38. The number of hydrogen-bond donors (Lipinski definition) is 2. The van der Waals surface area contributed by atoms with E-state index in [1.54, 1.807) is 11.0 Å². The summed E-state index contributed by atoms with van der Waals surface area (Å²) in [6.07, 6.45) is 1.20. The van der Waals surface area contributed by atoms with E-state index in [4.69, 9.17) is 11.5 Å². The third-order valence-corrected chi connectivity index (χ3v) is 3.38. The molecule has 2 aromatic rings. The van der Waals surface area contributed by atoms with Crippen LogP contribution in [0.15, 0.2) is 42.5 Å². The summed E-state index contributed by atoms with van der Waals surface area (Å²) in [6.45, 7) is 0. The largest absolute Gasteiger partial charge is 0.399 e. The van der Waals surface area contributed by atoms with Gasteiger partial charge in [-0.2, -0.15) is 0 Å². The van der Waals surface area contributed by atoms with Crippen molar-refractivity contribution in [2.45, 2.75) is 12.8 Å². The van der Waals surface area contributed by atoms with Gasteiger partial charge in [-0.3, -0.25) is 9.69 Å². The van der Waals surface area contributed by atoms with Crippen molar-refractivity contribution < 1.29 is 4.79 Å². The fraction of sp³-hybridized carbons (Fsp3) is 0.133. The highest BCUT2D eigenvalue weighted by Crippen LogP contribution is 2.37. The smallest absolute Gasteiger partial charge is 0.231 e. The summed E-state index contributed by atoms with van der Waals surface area (Å²) in [7, 11) is 0. The van der Waals surface area contributed by atoms with Crippen molar-refractivity contribution in [3.05, 3.63) is 48.0 Å². The molecule has 2 aromatic carbocycles. The van der Waals surface area contributed by atoms with Gasteiger partial charge in [0.05, 0.1) is 17.1 Å². The molecule has 96 valence electrons. The van der Waals surface area contributed by atoms with Crippen molar-refractivity contribution in [2.75, 3.05) is 16.4 Å². The Balaban J connectivity index is 2.17. The number of aryl methyl sites for hydroxylation is 1. The van der Waals surface area contributed by atoms with Gasteiger partial charge in [-0.25, -0.2) is 0 Å². The molecule has 0 atom stereocenters. The molecule has 0 unspecified atom stereocenters. The molecule has 0 saturated heterocycles. The van der Waals surface area contributed by atoms with E-state index in [0.717, 1.165) is 23.4 Å². The molecule has 4 nitrogen and oxygen atoms in total. The Kier molecular flexibility index (Phi) is 2.63. The number of benzene rings is 2. The summed E-state index contributed by atoms with van der Waals surface area (Å²) < 4.78 is 0. The number of amides is 1. The molecular weight excluding hydrogens is 238 g/mol. The van der Waals surface area contributed by atoms with Crippen LogP contribution in [0.2, 0.25) is 0 Å². The summed E-state index contributed by atoms with van der Waals surface area (Å²) in [5.74, 6) is 0.0650. The molecule has 1 heterocycles. The van der Waals surface area contributed by atoms with Gasteiger partial charge in [-0.05, 0) is 42.3 Å². The molecule has 1 amide bonds. The maximum absolute atomic E-state index is 12.2. The molecule has 0 bridgehead atoms. The highest BCUT2D eigenvalue weighted by atomic mass is 16.2. The van der Waals surface area contributed by atoms with Gasteiger partial charge < -0.3 is 11.5 Å². The number of para-hydroxylation sites is 2. The fourth-order valence-electron chi connectivity index (χ4n) is 2.47. The van der Waals surface area contributed by atoms with Gasteiger partial charge in [0.25, 0.3) is 0 Å². The predicted molar refractivity (Wildman–Crippen MR) is 77.2 cm³/mol. The third kappa shape index (κ3) is 1.91. The molecule has 0 fully saturated rings. The predicted octanol–water partition coefficient (Wildman–Crippen LogP) is 2.46. The second-order valence-corrected chi connectivity index (χ2v) is 4.68. The first-order valence-electron chi connectivity index (χ1n) is 6.22. The first-order valence-corrected chi connectivity index (χ1v) is 6.22.